The second-order valence-corrected chi connectivity index (χ2v) is 9.49. The van der Waals surface area contributed by atoms with Gasteiger partial charge < -0.3 is 19.7 Å². The highest BCUT2D eigenvalue weighted by molar-refractivity contribution is 6.07. The fourth-order valence-electron chi connectivity index (χ4n) is 3.76. The van der Waals surface area contributed by atoms with Crippen molar-refractivity contribution in [3.8, 4) is 11.8 Å². The number of halogens is 2. The van der Waals surface area contributed by atoms with Crippen molar-refractivity contribution in [3.05, 3.63) is 36.0 Å². The highest BCUT2D eigenvalue weighted by atomic mass is 19.3. The zero-order valence-electron chi connectivity index (χ0n) is 20.3. The van der Waals surface area contributed by atoms with Crippen molar-refractivity contribution >= 4 is 28.7 Å². The molecule has 1 N–H and O–H groups in total. The molecule has 1 aromatic carbocycles. The summed E-state index contributed by atoms with van der Waals surface area (Å²) >= 11 is 0. The van der Waals surface area contributed by atoms with E-state index in [0.717, 1.165) is 4.90 Å². The zero-order valence-corrected chi connectivity index (χ0v) is 20.3. The minimum absolute atomic E-state index is 0.198. The first kappa shape index (κ1) is 26.8. The normalized spacial score (nSPS) is 16.9. The third kappa shape index (κ3) is 7.10. The Hall–Kier alpha value is -3.81. The molecule has 2 heterocycles. The van der Waals surface area contributed by atoms with E-state index in [2.05, 4.69) is 10.3 Å². The van der Waals surface area contributed by atoms with Gasteiger partial charge in [-0.05, 0) is 51.5 Å². The first-order chi connectivity index (χ1) is 16.9. The molecule has 3 rings (SSSR count). The number of nitrogens with zero attached hydrogens (tertiary/aromatic N) is 3. The maximum absolute atomic E-state index is 13.6. The summed E-state index contributed by atoms with van der Waals surface area (Å²) in [6.45, 7) is 4.25. The molecule has 36 heavy (non-hydrogen) atoms. The monoisotopic (exact) mass is 502 g/mol. The predicted molar refractivity (Wildman–Crippen MR) is 125 cm³/mol. The van der Waals surface area contributed by atoms with Gasteiger partial charge in [0.1, 0.15) is 17.4 Å². The minimum atomic E-state index is -3.13. The number of nitrogens with one attached hydrogen (secondary N) is 1. The van der Waals surface area contributed by atoms with E-state index in [0.29, 0.717) is 23.1 Å². The zero-order chi connectivity index (χ0) is 26.5. The number of alkyl halides is 2. The van der Waals surface area contributed by atoms with Crippen molar-refractivity contribution in [3.63, 3.8) is 0 Å². The van der Waals surface area contributed by atoms with Gasteiger partial charge >= 0.3 is 5.97 Å². The van der Waals surface area contributed by atoms with E-state index in [9.17, 15) is 23.2 Å². The number of benzene rings is 1. The van der Waals surface area contributed by atoms with Crippen LogP contribution in [-0.2, 0) is 14.3 Å². The number of ether oxygens (including phenoxy) is 2. The molecule has 0 radical (unpaired) electrons. The summed E-state index contributed by atoms with van der Waals surface area (Å²) in [5.74, 6) is -4.36. The Kier molecular flexibility index (Phi) is 8.07. The second kappa shape index (κ2) is 10.8. The number of amides is 2. The van der Waals surface area contributed by atoms with Gasteiger partial charge in [0.15, 0.2) is 0 Å². The quantitative estimate of drug-likeness (QED) is 0.434. The maximum Gasteiger partial charge on any atom is 0.306 e. The molecule has 1 aromatic heterocycles. The number of esters is 1. The number of rotatable bonds is 8. The molecule has 0 bridgehead atoms. The second-order valence-electron chi connectivity index (χ2n) is 9.49. The van der Waals surface area contributed by atoms with Gasteiger partial charge in [0, 0.05) is 24.4 Å². The average Bonchev–Trinajstić information content (AvgIpc) is 3.13. The van der Waals surface area contributed by atoms with Gasteiger partial charge in [0.25, 0.3) is 11.8 Å². The summed E-state index contributed by atoms with van der Waals surface area (Å²) in [6.07, 6.45) is 1.35. The smallest absolute Gasteiger partial charge is 0.306 e. The molecular weight excluding hydrogens is 474 g/mol. The Bertz CT molecular complexity index is 1190. The first-order valence-corrected chi connectivity index (χ1v) is 11.5. The fraction of sp³-hybridized carbons (Fsp3) is 0.480. The van der Waals surface area contributed by atoms with Crippen molar-refractivity contribution in [1.82, 2.24) is 15.2 Å². The van der Waals surface area contributed by atoms with Crippen LogP contribution in [0.15, 0.2) is 30.5 Å². The number of carbonyl (C=O) groups is 3. The summed E-state index contributed by atoms with van der Waals surface area (Å²) in [6, 6.07) is 6.91. The van der Waals surface area contributed by atoms with Crippen LogP contribution in [0, 0.1) is 11.3 Å². The van der Waals surface area contributed by atoms with E-state index in [1.54, 1.807) is 45.0 Å². The molecule has 0 spiro atoms. The average molecular weight is 503 g/mol. The molecule has 1 aliphatic heterocycles. The maximum atomic E-state index is 13.6. The SMILES string of the molecule is CC(C)(C)OC(=O)CCCOc1ccc2nccc(C(=O)NCC(=O)N3CC(F)(F)CC3C#N)c2c1. The van der Waals surface area contributed by atoms with E-state index in [1.807, 2.05) is 0 Å². The van der Waals surface area contributed by atoms with E-state index < -0.39 is 48.9 Å². The van der Waals surface area contributed by atoms with Crippen molar-refractivity contribution in [2.75, 3.05) is 19.7 Å². The van der Waals surface area contributed by atoms with Gasteiger partial charge in [-0.25, -0.2) is 8.78 Å². The van der Waals surface area contributed by atoms with Crippen molar-refractivity contribution in [2.45, 2.75) is 57.6 Å². The minimum Gasteiger partial charge on any atom is -0.494 e. The number of likely N-dealkylation sites (tertiary alicyclic amines) is 1. The number of carbonyl (C=O) groups excluding carboxylic acids is 3. The number of hydrogen-bond acceptors (Lipinski definition) is 7. The molecular formula is C25H28F2N4O5. The topological polar surface area (TPSA) is 122 Å². The number of aromatic nitrogens is 1. The van der Waals surface area contributed by atoms with Crippen molar-refractivity contribution in [1.29, 1.82) is 5.26 Å². The van der Waals surface area contributed by atoms with Crippen molar-refractivity contribution in [2.24, 2.45) is 0 Å². The number of nitriles is 1. The third-order valence-corrected chi connectivity index (χ3v) is 5.31. The van der Waals surface area contributed by atoms with Crippen LogP contribution in [0.25, 0.3) is 10.9 Å². The Morgan fingerprint density at radius 2 is 2.03 bits per heavy atom. The van der Waals surface area contributed by atoms with Crippen LogP contribution in [0.3, 0.4) is 0 Å². The first-order valence-electron chi connectivity index (χ1n) is 11.5. The predicted octanol–water partition coefficient (Wildman–Crippen LogP) is 3.23. The molecule has 1 atom stereocenters. The molecule has 1 unspecified atom stereocenters. The molecule has 1 saturated heterocycles. The molecule has 0 aliphatic carbocycles. The Labute approximate surface area is 207 Å². The Balaban J connectivity index is 1.61. The van der Waals surface area contributed by atoms with E-state index in [4.69, 9.17) is 14.7 Å². The van der Waals surface area contributed by atoms with Crippen LogP contribution in [0.4, 0.5) is 8.78 Å². The number of hydrogen-bond donors (Lipinski definition) is 1. The number of fused-ring (bicyclic) bond motifs is 1. The van der Waals surface area contributed by atoms with Gasteiger partial charge in [-0.3, -0.25) is 19.4 Å². The van der Waals surface area contributed by atoms with Gasteiger partial charge in [0.05, 0.1) is 36.8 Å². The lowest BCUT2D eigenvalue weighted by molar-refractivity contribution is -0.155. The van der Waals surface area contributed by atoms with E-state index in [1.165, 1.54) is 12.3 Å². The van der Waals surface area contributed by atoms with Crippen molar-refractivity contribution < 1.29 is 32.6 Å². The third-order valence-electron chi connectivity index (χ3n) is 5.31. The Morgan fingerprint density at radius 1 is 1.28 bits per heavy atom. The highest BCUT2D eigenvalue weighted by Gasteiger charge is 2.47. The summed E-state index contributed by atoms with van der Waals surface area (Å²) in [5, 5.41) is 12.0. The lowest BCUT2D eigenvalue weighted by Crippen LogP contribution is -2.43. The van der Waals surface area contributed by atoms with Gasteiger partial charge in [-0.1, -0.05) is 0 Å². The molecule has 11 heteroatoms. The van der Waals surface area contributed by atoms with Gasteiger partial charge in [-0.15, -0.1) is 0 Å². The Morgan fingerprint density at radius 3 is 2.72 bits per heavy atom. The van der Waals surface area contributed by atoms with E-state index in [-0.39, 0.29) is 24.6 Å². The largest absolute Gasteiger partial charge is 0.494 e. The fourth-order valence-corrected chi connectivity index (χ4v) is 3.76. The van der Waals surface area contributed by atoms with Crippen LogP contribution in [0.1, 0.15) is 50.4 Å². The standard InChI is InChI=1S/C25H28F2N4O5/c1-24(2,3)36-22(33)5-4-10-35-17-6-7-20-19(11-17)18(8-9-29-20)23(34)30-14-21(32)31-15-25(26,27)12-16(31)13-28/h6-9,11,16H,4-5,10,12,14-15H2,1-3H3,(H,30,34). The number of pyridine rings is 1. The van der Waals surface area contributed by atoms with Crippen LogP contribution in [0.2, 0.25) is 0 Å². The van der Waals surface area contributed by atoms with E-state index >= 15 is 0 Å². The molecule has 9 nitrogen and oxygen atoms in total. The molecule has 2 aromatic rings. The molecule has 1 aliphatic rings. The van der Waals surface area contributed by atoms with Crippen LogP contribution < -0.4 is 10.1 Å². The summed E-state index contributed by atoms with van der Waals surface area (Å²) in [5.41, 5.74) is 0.177. The molecule has 2 amide bonds. The summed E-state index contributed by atoms with van der Waals surface area (Å²) < 4.78 is 38.2. The molecule has 0 saturated carbocycles. The highest BCUT2D eigenvalue weighted by Crippen LogP contribution is 2.31. The van der Waals surface area contributed by atoms with Gasteiger partial charge in [-0.2, -0.15) is 5.26 Å². The summed E-state index contributed by atoms with van der Waals surface area (Å²) in [7, 11) is 0. The van der Waals surface area contributed by atoms with Crippen LogP contribution in [0.5, 0.6) is 5.75 Å². The molecule has 1 fully saturated rings. The van der Waals surface area contributed by atoms with Gasteiger partial charge in [0.2, 0.25) is 5.91 Å². The lowest BCUT2D eigenvalue weighted by Gasteiger charge is -2.19. The van der Waals surface area contributed by atoms with Crippen LogP contribution >= 0.6 is 0 Å². The molecule has 192 valence electrons. The van der Waals surface area contributed by atoms with Crippen LogP contribution in [-0.4, -0.2) is 64.9 Å². The summed E-state index contributed by atoms with van der Waals surface area (Å²) in [4.78, 5) is 42.0. The lowest BCUT2D eigenvalue weighted by atomic mass is 10.1.